The van der Waals surface area contributed by atoms with Crippen molar-refractivity contribution in [2.75, 3.05) is 11.9 Å². The van der Waals surface area contributed by atoms with Gasteiger partial charge in [0.25, 0.3) is 5.91 Å². The summed E-state index contributed by atoms with van der Waals surface area (Å²) in [6.07, 6.45) is 0. The molecule has 0 aliphatic carbocycles. The highest BCUT2D eigenvalue weighted by Gasteiger charge is 2.40. The van der Waals surface area contributed by atoms with Gasteiger partial charge in [0.1, 0.15) is 6.61 Å². The minimum Gasteiger partial charge on any atom is -0.485 e. The topological polar surface area (TPSA) is 47.6 Å². The van der Waals surface area contributed by atoms with Crippen molar-refractivity contribution in [1.82, 2.24) is 0 Å². The number of fused-ring (bicyclic) bond motifs is 1. The number of carbonyl (C=O) groups excluding carboxylic acids is 1. The van der Waals surface area contributed by atoms with Crippen LogP contribution in [-0.2, 0) is 4.79 Å². The van der Waals surface area contributed by atoms with Gasteiger partial charge < -0.3 is 14.8 Å². The highest BCUT2D eigenvalue weighted by atomic mass is 79.9. The molecule has 1 heterocycles. The molecule has 22 heavy (non-hydrogen) atoms. The van der Waals surface area contributed by atoms with Gasteiger partial charge in [-0.25, -0.2) is 0 Å². The molecule has 0 saturated heterocycles. The van der Waals surface area contributed by atoms with Gasteiger partial charge in [0.2, 0.25) is 5.60 Å². The van der Waals surface area contributed by atoms with Crippen LogP contribution in [0.4, 0.5) is 5.69 Å². The van der Waals surface area contributed by atoms with Gasteiger partial charge in [-0.3, -0.25) is 4.79 Å². The average Bonchev–Trinajstić information content (AvgIpc) is 2.51. The molecule has 0 spiro atoms. The summed E-state index contributed by atoms with van der Waals surface area (Å²) in [5, 5.41) is 2.89. The Hall–Kier alpha value is -2.01. The van der Waals surface area contributed by atoms with E-state index in [1.54, 1.807) is 13.0 Å². The molecule has 0 bridgehead atoms. The van der Waals surface area contributed by atoms with E-state index in [-0.39, 0.29) is 12.5 Å². The molecule has 2 aromatic rings. The van der Waals surface area contributed by atoms with Crippen molar-refractivity contribution in [3.63, 3.8) is 0 Å². The molecule has 5 heteroatoms. The first-order chi connectivity index (χ1) is 10.5. The van der Waals surface area contributed by atoms with E-state index in [0.717, 1.165) is 15.7 Å². The second kappa shape index (κ2) is 5.65. The summed E-state index contributed by atoms with van der Waals surface area (Å²) in [7, 11) is 0. The first kappa shape index (κ1) is 14.9. The Balaban J connectivity index is 1.78. The number of para-hydroxylation sites is 2. The first-order valence-corrected chi connectivity index (χ1v) is 7.76. The predicted octanol–water partition coefficient (Wildman–Crippen LogP) is 3.93. The van der Waals surface area contributed by atoms with Gasteiger partial charge in [-0.15, -0.1) is 0 Å². The van der Waals surface area contributed by atoms with Crippen molar-refractivity contribution >= 4 is 27.5 Å². The standard InChI is InChI=1S/C17H16BrNO3/c1-11-9-12(7-8-13(11)18)19-16(20)17(2)10-21-14-5-3-4-6-15(14)22-17/h3-9H,10H2,1-2H3,(H,19,20). The molecule has 1 aliphatic heterocycles. The SMILES string of the molecule is Cc1cc(NC(=O)C2(C)COc3ccccc3O2)ccc1Br. The van der Waals surface area contributed by atoms with Gasteiger partial charge >= 0.3 is 0 Å². The predicted molar refractivity (Wildman–Crippen MR) is 88.5 cm³/mol. The number of hydrogen-bond acceptors (Lipinski definition) is 3. The number of carbonyl (C=O) groups is 1. The molecule has 0 aromatic heterocycles. The minimum atomic E-state index is -1.06. The normalized spacial score (nSPS) is 19.6. The average molecular weight is 362 g/mol. The summed E-state index contributed by atoms with van der Waals surface area (Å²) < 4.78 is 12.5. The van der Waals surface area contributed by atoms with Crippen molar-refractivity contribution in [1.29, 1.82) is 0 Å². The van der Waals surface area contributed by atoms with E-state index >= 15 is 0 Å². The van der Waals surface area contributed by atoms with E-state index in [4.69, 9.17) is 9.47 Å². The lowest BCUT2D eigenvalue weighted by Crippen LogP contribution is -2.52. The molecule has 4 nitrogen and oxygen atoms in total. The van der Waals surface area contributed by atoms with Gasteiger partial charge in [0.05, 0.1) is 0 Å². The van der Waals surface area contributed by atoms with Crippen LogP contribution >= 0.6 is 15.9 Å². The molecule has 1 atom stereocenters. The minimum absolute atomic E-state index is 0.172. The molecule has 3 rings (SSSR count). The van der Waals surface area contributed by atoms with Crippen LogP contribution in [0, 0.1) is 6.92 Å². The fourth-order valence-corrected chi connectivity index (χ4v) is 2.49. The van der Waals surface area contributed by atoms with Crippen LogP contribution in [0.25, 0.3) is 0 Å². The molecule has 1 unspecified atom stereocenters. The van der Waals surface area contributed by atoms with Crippen LogP contribution in [0.5, 0.6) is 11.5 Å². The van der Waals surface area contributed by atoms with Crippen molar-refractivity contribution in [3.05, 3.63) is 52.5 Å². The number of amides is 1. The largest absolute Gasteiger partial charge is 0.485 e. The Labute approximate surface area is 137 Å². The fraction of sp³-hybridized carbons (Fsp3) is 0.235. The van der Waals surface area contributed by atoms with E-state index in [2.05, 4.69) is 21.2 Å². The maximum atomic E-state index is 12.6. The zero-order valence-corrected chi connectivity index (χ0v) is 13.9. The number of halogens is 1. The molecular formula is C17H16BrNO3. The fourth-order valence-electron chi connectivity index (χ4n) is 2.24. The number of rotatable bonds is 2. The van der Waals surface area contributed by atoms with Gasteiger partial charge in [-0.1, -0.05) is 28.1 Å². The van der Waals surface area contributed by atoms with E-state index in [1.165, 1.54) is 0 Å². The molecule has 1 amide bonds. The highest BCUT2D eigenvalue weighted by molar-refractivity contribution is 9.10. The Morgan fingerprint density at radius 1 is 1.23 bits per heavy atom. The lowest BCUT2D eigenvalue weighted by Gasteiger charge is -2.34. The lowest BCUT2D eigenvalue weighted by molar-refractivity contribution is -0.134. The maximum Gasteiger partial charge on any atom is 0.271 e. The second-order valence-corrected chi connectivity index (χ2v) is 6.34. The smallest absolute Gasteiger partial charge is 0.271 e. The lowest BCUT2D eigenvalue weighted by atomic mass is 10.1. The molecule has 1 aliphatic rings. The summed E-state index contributed by atoms with van der Waals surface area (Å²) >= 11 is 3.44. The molecule has 114 valence electrons. The van der Waals surface area contributed by atoms with Crippen LogP contribution in [0.2, 0.25) is 0 Å². The van der Waals surface area contributed by atoms with Crippen LogP contribution in [0.3, 0.4) is 0 Å². The molecule has 0 radical (unpaired) electrons. The summed E-state index contributed by atoms with van der Waals surface area (Å²) in [6.45, 7) is 3.87. The Morgan fingerprint density at radius 2 is 1.95 bits per heavy atom. The van der Waals surface area contributed by atoms with Gasteiger partial charge in [-0.2, -0.15) is 0 Å². The molecular weight excluding hydrogens is 346 g/mol. The second-order valence-electron chi connectivity index (χ2n) is 5.49. The number of benzene rings is 2. The number of anilines is 1. The number of hydrogen-bond donors (Lipinski definition) is 1. The molecule has 0 saturated carbocycles. The Kier molecular flexibility index (Phi) is 3.83. The van der Waals surface area contributed by atoms with E-state index in [0.29, 0.717) is 11.5 Å². The van der Waals surface area contributed by atoms with Gasteiger partial charge in [0.15, 0.2) is 11.5 Å². The Morgan fingerprint density at radius 3 is 2.68 bits per heavy atom. The zero-order valence-electron chi connectivity index (χ0n) is 12.4. The van der Waals surface area contributed by atoms with Crippen LogP contribution in [0.15, 0.2) is 46.9 Å². The van der Waals surface area contributed by atoms with Crippen LogP contribution < -0.4 is 14.8 Å². The summed E-state index contributed by atoms with van der Waals surface area (Å²) in [5.41, 5.74) is 0.721. The van der Waals surface area contributed by atoms with E-state index in [9.17, 15) is 4.79 Å². The van der Waals surface area contributed by atoms with Crippen LogP contribution in [-0.4, -0.2) is 18.1 Å². The highest BCUT2D eigenvalue weighted by Crippen LogP contribution is 2.35. The number of aryl methyl sites for hydroxylation is 1. The van der Waals surface area contributed by atoms with E-state index in [1.807, 2.05) is 43.3 Å². The van der Waals surface area contributed by atoms with Crippen molar-refractivity contribution in [2.24, 2.45) is 0 Å². The summed E-state index contributed by atoms with van der Waals surface area (Å²) in [5.74, 6) is 1.01. The third-order valence-electron chi connectivity index (χ3n) is 3.58. The zero-order chi connectivity index (χ0) is 15.7. The van der Waals surface area contributed by atoms with Crippen LogP contribution in [0.1, 0.15) is 12.5 Å². The van der Waals surface area contributed by atoms with Gasteiger partial charge in [0, 0.05) is 10.2 Å². The quantitative estimate of drug-likeness (QED) is 0.881. The molecule has 2 aromatic carbocycles. The van der Waals surface area contributed by atoms with E-state index < -0.39 is 5.60 Å². The summed E-state index contributed by atoms with van der Waals surface area (Å²) in [6, 6.07) is 13.0. The third kappa shape index (κ3) is 2.81. The molecule has 0 fully saturated rings. The Bertz CT molecular complexity index is 732. The van der Waals surface area contributed by atoms with Crippen molar-refractivity contribution in [2.45, 2.75) is 19.4 Å². The number of nitrogens with one attached hydrogen (secondary N) is 1. The number of ether oxygens (including phenoxy) is 2. The van der Waals surface area contributed by atoms with Crippen molar-refractivity contribution in [3.8, 4) is 11.5 Å². The molecule has 1 N–H and O–H groups in total. The van der Waals surface area contributed by atoms with Crippen molar-refractivity contribution < 1.29 is 14.3 Å². The third-order valence-corrected chi connectivity index (χ3v) is 4.47. The monoisotopic (exact) mass is 361 g/mol. The van der Waals surface area contributed by atoms with Gasteiger partial charge in [-0.05, 0) is 49.7 Å². The maximum absolute atomic E-state index is 12.6. The summed E-state index contributed by atoms with van der Waals surface area (Å²) in [4.78, 5) is 12.6. The first-order valence-electron chi connectivity index (χ1n) is 6.96.